The minimum atomic E-state index is -3.64. The Labute approximate surface area is 247 Å². The minimum absolute atomic E-state index is 0.0425. The first-order valence-corrected chi connectivity index (χ1v) is 17.2. The average Bonchev–Trinajstić information content (AvgIpc) is 2.86. The maximum absolute atomic E-state index is 13.8. The molecular weight excluding hydrogens is 574 g/mol. The van der Waals surface area contributed by atoms with Crippen molar-refractivity contribution in [2.75, 3.05) is 0 Å². The number of hydrogen-bond donors (Lipinski definition) is 2. The molecule has 0 aliphatic rings. The van der Waals surface area contributed by atoms with Gasteiger partial charge in [0.25, 0.3) is 0 Å². The fraction of sp³-hybridized carbons (Fsp3) is 0.375. The molecule has 0 heterocycles. The van der Waals surface area contributed by atoms with Crippen LogP contribution in [0.25, 0.3) is 32.7 Å². The van der Waals surface area contributed by atoms with E-state index < -0.39 is 15.2 Å². The summed E-state index contributed by atoms with van der Waals surface area (Å²) < 4.78 is 50.7. The average molecular weight is 615 g/mol. The molecule has 0 aromatic heterocycles. The molecule has 0 unspecified atom stereocenters. The summed E-state index contributed by atoms with van der Waals surface area (Å²) in [5.41, 5.74) is 0.804. The zero-order valence-electron chi connectivity index (χ0n) is 25.3. The molecule has 0 aliphatic carbocycles. The van der Waals surface area contributed by atoms with Gasteiger partial charge in [0, 0.05) is 11.1 Å². The molecule has 0 radical (unpaired) electrons. The Morgan fingerprint density at radius 1 is 0.500 bits per heavy atom. The van der Waals surface area contributed by atoms with Gasteiger partial charge in [-0.15, -0.1) is 0 Å². The molecule has 0 bridgehead atoms. The number of hydrogen-bond acceptors (Lipinski definition) is 8. The second-order valence-corrected chi connectivity index (χ2v) is 15.2. The van der Waals surface area contributed by atoms with E-state index in [4.69, 9.17) is 18.1 Å². The highest BCUT2D eigenvalue weighted by Gasteiger charge is 2.32. The van der Waals surface area contributed by atoms with E-state index in [0.717, 1.165) is 0 Å². The molecular formula is C32H40O8P2. The lowest BCUT2D eigenvalue weighted by molar-refractivity contribution is 0.149. The Hall–Kier alpha value is -2.70. The zero-order valence-corrected chi connectivity index (χ0v) is 27.1. The van der Waals surface area contributed by atoms with Gasteiger partial charge in [-0.1, -0.05) is 24.3 Å². The van der Waals surface area contributed by atoms with E-state index in [1.807, 2.05) is 0 Å². The van der Waals surface area contributed by atoms with Crippen LogP contribution in [0.2, 0.25) is 0 Å². The minimum Gasteiger partial charge on any atom is -0.507 e. The van der Waals surface area contributed by atoms with Crippen LogP contribution >= 0.6 is 15.2 Å². The summed E-state index contributed by atoms with van der Waals surface area (Å²) in [4.78, 5) is 0. The quantitative estimate of drug-likeness (QED) is 0.162. The molecule has 226 valence electrons. The van der Waals surface area contributed by atoms with Gasteiger partial charge in [-0.05, 0) is 113 Å². The third-order valence-electron chi connectivity index (χ3n) is 6.24. The SMILES string of the molecule is CC(C)OP(=O)(OC(C)C)c1ccc2c(-c3c(O)ccc4cc(P(=O)(OC(C)C)OC(C)C)ccc34)c(O)ccc2c1. The van der Waals surface area contributed by atoms with E-state index in [1.165, 1.54) is 12.1 Å². The van der Waals surface area contributed by atoms with Crippen molar-refractivity contribution in [1.82, 2.24) is 0 Å². The molecule has 0 atom stereocenters. The standard InChI is InChI=1S/C32H40O8P2/c1-19(2)37-41(35,38-20(3)4)25-11-13-27-23(17-25)9-15-29(33)31(27)32-28-14-12-26(18-24(28)10-16-30(32)34)42(36,39-21(5)6)40-22(7)8/h9-22,33-34H,1-8H3. The summed E-state index contributed by atoms with van der Waals surface area (Å²) in [6.07, 6.45) is -1.31. The van der Waals surface area contributed by atoms with Crippen LogP contribution in [0, 0.1) is 0 Å². The van der Waals surface area contributed by atoms with Gasteiger partial charge in [0.1, 0.15) is 11.5 Å². The van der Waals surface area contributed by atoms with Crippen molar-refractivity contribution in [3.05, 3.63) is 60.7 Å². The lowest BCUT2D eigenvalue weighted by Crippen LogP contribution is -2.17. The number of benzene rings is 4. The fourth-order valence-corrected chi connectivity index (χ4v) is 8.80. The number of rotatable bonds is 11. The van der Waals surface area contributed by atoms with Crippen molar-refractivity contribution in [2.24, 2.45) is 0 Å². The van der Waals surface area contributed by atoms with Crippen molar-refractivity contribution in [1.29, 1.82) is 0 Å². The third-order valence-corrected chi connectivity index (χ3v) is 10.9. The van der Waals surface area contributed by atoms with E-state index >= 15 is 0 Å². The predicted molar refractivity (Wildman–Crippen MR) is 170 cm³/mol. The molecule has 2 N–H and O–H groups in total. The fourth-order valence-electron chi connectivity index (χ4n) is 4.88. The lowest BCUT2D eigenvalue weighted by Gasteiger charge is -2.24. The second-order valence-electron chi connectivity index (χ2n) is 11.3. The van der Waals surface area contributed by atoms with Crippen molar-refractivity contribution in [3.63, 3.8) is 0 Å². The van der Waals surface area contributed by atoms with Crippen LogP contribution in [0.1, 0.15) is 55.4 Å². The Morgan fingerprint density at radius 3 is 1.10 bits per heavy atom. The first-order chi connectivity index (χ1) is 19.6. The maximum atomic E-state index is 13.8. The Bertz CT molecular complexity index is 1540. The number of aromatic hydroxyl groups is 2. The van der Waals surface area contributed by atoms with Crippen LogP contribution in [0.3, 0.4) is 0 Å². The highest BCUT2D eigenvalue weighted by atomic mass is 31.2. The number of fused-ring (bicyclic) bond motifs is 2. The first-order valence-electron chi connectivity index (χ1n) is 14.1. The molecule has 0 fully saturated rings. The first kappa shape index (κ1) is 32.2. The summed E-state index contributed by atoms with van der Waals surface area (Å²) >= 11 is 0. The highest BCUT2D eigenvalue weighted by Crippen LogP contribution is 2.52. The molecule has 4 rings (SSSR count). The van der Waals surface area contributed by atoms with Crippen LogP contribution in [0.15, 0.2) is 60.7 Å². The molecule has 4 aromatic rings. The summed E-state index contributed by atoms with van der Waals surface area (Å²) in [6.45, 7) is 14.4. The van der Waals surface area contributed by atoms with Gasteiger partial charge in [0.2, 0.25) is 0 Å². The molecule has 10 heteroatoms. The Morgan fingerprint density at radius 2 is 0.810 bits per heavy atom. The largest absolute Gasteiger partial charge is 0.507 e. The van der Waals surface area contributed by atoms with Crippen molar-refractivity contribution in [3.8, 4) is 22.6 Å². The van der Waals surface area contributed by atoms with Gasteiger partial charge in [0.05, 0.1) is 35.0 Å². The molecule has 42 heavy (non-hydrogen) atoms. The predicted octanol–water partition coefficient (Wildman–Crippen LogP) is 8.41. The van der Waals surface area contributed by atoms with E-state index in [0.29, 0.717) is 43.3 Å². The molecule has 0 saturated heterocycles. The van der Waals surface area contributed by atoms with Crippen LogP contribution in [0.5, 0.6) is 11.5 Å². The van der Waals surface area contributed by atoms with E-state index in [2.05, 4.69) is 0 Å². The van der Waals surface area contributed by atoms with Crippen LogP contribution < -0.4 is 10.6 Å². The highest BCUT2D eigenvalue weighted by molar-refractivity contribution is 7.62. The summed E-state index contributed by atoms with van der Waals surface area (Å²) in [7, 11) is -7.28. The van der Waals surface area contributed by atoms with Crippen molar-refractivity contribution >= 4 is 47.3 Å². The van der Waals surface area contributed by atoms with Crippen LogP contribution in [-0.2, 0) is 27.2 Å². The van der Waals surface area contributed by atoms with Gasteiger partial charge >= 0.3 is 15.2 Å². The molecule has 0 saturated carbocycles. The number of phenols is 2. The van der Waals surface area contributed by atoms with E-state index in [9.17, 15) is 19.3 Å². The molecule has 0 amide bonds. The van der Waals surface area contributed by atoms with Gasteiger partial charge in [0.15, 0.2) is 0 Å². The smallest absolute Gasteiger partial charge is 0.361 e. The van der Waals surface area contributed by atoms with Gasteiger partial charge in [-0.25, -0.2) is 0 Å². The number of phenolic OH excluding ortho intramolecular Hbond substituents is 2. The van der Waals surface area contributed by atoms with E-state index in [1.54, 1.807) is 104 Å². The molecule has 0 spiro atoms. The molecule has 8 nitrogen and oxygen atoms in total. The van der Waals surface area contributed by atoms with Crippen molar-refractivity contribution in [2.45, 2.75) is 79.8 Å². The van der Waals surface area contributed by atoms with Crippen LogP contribution in [-0.4, -0.2) is 34.6 Å². The summed E-state index contributed by atoms with van der Waals surface area (Å²) in [6, 6.07) is 16.8. The molecule has 4 aromatic carbocycles. The normalized spacial score (nSPS) is 13.0. The molecule has 0 aliphatic heterocycles. The lowest BCUT2D eigenvalue weighted by atomic mass is 9.92. The topological polar surface area (TPSA) is 112 Å². The third kappa shape index (κ3) is 6.75. The second kappa shape index (κ2) is 12.5. The van der Waals surface area contributed by atoms with Crippen LogP contribution in [0.4, 0.5) is 0 Å². The monoisotopic (exact) mass is 614 g/mol. The zero-order chi connectivity index (χ0) is 31.0. The van der Waals surface area contributed by atoms with Gasteiger partial charge < -0.3 is 28.3 Å². The Kier molecular flexibility index (Phi) is 9.59. The summed E-state index contributed by atoms with van der Waals surface area (Å²) in [5.74, 6) is -0.0850. The maximum Gasteiger partial charge on any atom is 0.361 e. The van der Waals surface area contributed by atoms with Gasteiger partial charge in [-0.3, -0.25) is 9.13 Å². The van der Waals surface area contributed by atoms with E-state index in [-0.39, 0.29) is 35.9 Å². The Balaban J connectivity index is 1.92. The summed E-state index contributed by atoms with van der Waals surface area (Å²) in [5, 5.41) is 25.6. The van der Waals surface area contributed by atoms with Crippen molar-refractivity contribution < 1.29 is 37.4 Å². The van der Waals surface area contributed by atoms with Gasteiger partial charge in [-0.2, -0.15) is 0 Å².